The molecule has 0 spiro atoms. The largest absolute Gasteiger partial charge is 0.492 e. The summed E-state index contributed by atoms with van der Waals surface area (Å²) in [6.07, 6.45) is 5.53. The Kier molecular flexibility index (Phi) is 10.9. The van der Waals surface area contributed by atoms with E-state index in [9.17, 15) is 8.78 Å². The highest BCUT2D eigenvalue weighted by Gasteiger charge is 2.22. The van der Waals surface area contributed by atoms with E-state index in [1.165, 1.54) is 42.1 Å². The van der Waals surface area contributed by atoms with E-state index in [-0.39, 0.29) is 11.5 Å². The van der Waals surface area contributed by atoms with Crippen LogP contribution >= 0.6 is 11.8 Å². The Morgan fingerprint density at radius 2 is 1.92 bits per heavy atom. The summed E-state index contributed by atoms with van der Waals surface area (Å²) in [5, 5.41) is 10.3. The van der Waals surface area contributed by atoms with Crippen molar-refractivity contribution in [1.82, 2.24) is 10.2 Å². The van der Waals surface area contributed by atoms with Crippen LogP contribution in [0.25, 0.3) is 0 Å². The van der Waals surface area contributed by atoms with Crippen LogP contribution in [0.4, 0.5) is 20.3 Å². The number of aromatic nitrogens is 2. The lowest BCUT2D eigenvalue weighted by Gasteiger charge is -2.23. The molecule has 8 nitrogen and oxygen atoms in total. The molecule has 0 radical (unpaired) electrons. The topological polar surface area (TPSA) is 104 Å². The number of rotatable bonds is 10. The average molecular weight is 532 g/mol. The summed E-state index contributed by atoms with van der Waals surface area (Å²) in [5.74, 6) is 0.0396. The molecular weight excluding hydrogens is 496 g/mol. The van der Waals surface area contributed by atoms with E-state index in [1.54, 1.807) is 39.6 Å². The highest BCUT2D eigenvalue weighted by Crippen LogP contribution is 2.31. The van der Waals surface area contributed by atoms with Gasteiger partial charge in [-0.15, -0.1) is 11.8 Å². The van der Waals surface area contributed by atoms with Gasteiger partial charge in [-0.2, -0.15) is 5.10 Å². The maximum atomic E-state index is 14.9. The van der Waals surface area contributed by atoms with Gasteiger partial charge in [-0.05, 0) is 45.6 Å². The van der Waals surface area contributed by atoms with Gasteiger partial charge in [0.25, 0.3) is 0 Å². The predicted molar refractivity (Wildman–Crippen MR) is 150 cm³/mol. The predicted octanol–water partition coefficient (Wildman–Crippen LogP) is 5.77. The van der Waals surface area contributed by atoms with Crippen molar-refractivity contribution in [2.24, 2.45) is 15.7 Å². The van der Waals surface area contributed by atoms with Crippen LogP contribution in [0.2, 0.25) is 0 Å². The highest BCUT2D eigenvalue weighted by atomic mass is 32.2. The number of H-pyrrole nitrogens is 1. The second-order valence-corrected chi connectivity index (χ2v) is 9.00. The quantitative estimate of drug-likeness (QED) is 0.118. The third-order valence-corrected chi connectivity index (χ3v) is 6.32. The molecule has 0 aliphatic carbocycles. The summed E-state index contributed by atoms with van der Waals surface area (Å²) in [6.45, 7) is 7.48. The van der Waals surface area contributed by atoms with Crippen LogP contribution in [0.1, 0.15) is 32.9 Å². The van der Waals surface area contributed by atoms with Gasteiger partial charge in [0.05, 0.1) is 7.11 Å². The van der Waals surface area contributed by atoms with Crippen LogP contribution in [0, 0.1) is 18.6 Å². The number of nitrogens with two attached hydrogens (primary N) is 1. The lowest BCUT2D eigenvalue weighted by molar-refractivity contribution is 0.297. The van der Waals surface area contributed by atoms with Gasteiger partial charge in [0.1, 0.15) is 11.5 Å². The third kappa shape index (κ3) is 7.22. The van der Waals surface area contributed by atoms with Crippen molar-refractivity contribution in [3.8, 4) is 0 Å². The monoisotopic (exact) mass is 531 g/mol. The number of thioether (sulfide) groups is 1. The molecule has 2 rings (SSSR count). The van der Waals surface area contributed by atoms with Gasteiger partial charge >= 0.3 is 0 Å². The van der Waals surface area contributed by atoms with Crippen LogP contribution in [-0.2, 0) is 4.74 Å². The number of allylic oxidation sites excluding steroid dienone is 2. The molecule has 1 aromatic heterocycles. The van der Waals surface area contributed by atoms with Crippen molar-refractivity contribution in [3.63, 3.8) is 0 Å². The number of benzene rings is 1. The minimum atomic E-state index is -0.690. The van der Waals surface area contributed by atoms with E-state index in [1.807, 2.05) is 20.8 Å². The second kappa shape index (κ2) is 13.6. The number of hydrogen-bond acceptors (Lipinski definition) is 7. The number of methoxy groups -OCH3 is 1. The van der Waals surface area contributed by atoms with Crippen molar-refractivity contribution >= 4 is 35.3 Å². The zero-order chi connectivity index (χ0) is 27.7. The molecule has 2 aromatic rings. The summed E-state index contributed by atoms with van der Waals surface area (Å²) in [4.78, 5) is 10.7. The number of nitrogens with one attached hydrogen (secondary N) is 2. The molecule has 4 N–H and O–H groups in total. The summed E-state index contributed by atoms with van der Waals surface area (Å²) >= 11 is 1.26. The van der Waals surface area contributed by atoms with Gasteiger partial charge in [-0.3, -0.25) is 10.1 Å². The molecule has 0 unspecified atom stereocenters. The maximum absolute atomic E-state index is 14.9. The molecule has 11 heteroatoms. The molecular formula is C26H35F2N7OS. The third-order valence-electron chi connectivity index (χ3n) is 5.61. The molecule has 0 atom stereocenters. The Hall–Kier alpha value is -3.60. The smallest absolute Gasteiger partial charge is 0.176 e. The Labute approximate surface area is 221 Å². The van der Waals surface area contributed by atoms with Crippen molar-refractivity contribution in [2.45, 2.75) is 39.0 Å². The molecule has 200 valence electrons. The number of amidine groups is 1. The summed E-state index contributed by atoms with van der Waals surface area (Å²) in [5.41, 5.74) is 8.85. The van der Waals surface area contributed by atoms with Crippen molar-refractivity contribution in [3.05, 3.63) is 70.0 Å². The summed E-state index contributed by atoms with van der Waals surface area (Å²) in [6, 6.07) is 4.39. The molecule has 1 heterocycles. The fourth-order valence-corrected chi connectivity index (χ4v) is 3.96. The zero-order valence-corrected chi connectivity index (χ0v) is 23.3. The average Bonchev–Trinajstić information content (AvgIpc) is 3.28. The molecule has 0 aliphatic rings. The van der Waals surface area contributed by atoms with E-state index in [0.717, 1.165) is 11.3 Å². The lowest BCUT2D eigenvalue weighted by atomic mass is 9.98. The fourth-order valence-electron chi connectivity index (χ4n) is 3.51. The first-order valence-corrected chi connectivity index (χ1v) is 12.8. The minimum absolute atomic E-state index is 0.214. The van der Waals surface area contributed by atoms with Crippen LogP contribution in [0.3, 0.4) is 0 Å². The van der Waals surface area contributed by atoms with Crippen molar-refractivity contribution < 1.29 is 13.5 Å². The maximum Gasteiger partial charge on any atom is 0.176 e. The summed E-state index contributed by atoms with van der Waals surface area (Å²) < 4.78 is 35.6. The fraction of sp³-hybridized carbons (Fsp3) is 0.346. The molecule has 0 fully saturated rings. The Bertz CT molecular complexity index is 1240. The van der Waals surface area contributed by atoms with E-state index < -0.39 is 11.6 Å². The molecule has 37 heavy (non-hydrogen) atoms. The number of nitrogens with zero attached hydrogens (tertiary/aromatic N) is 4. The first-order valence-electron chi connectivity index (χ1n) is 11.6. The van der Waals surface area contributed by atoms with Gasteiger partial charge in [-0.25, -0.2) is 13.8 Å². The number of ether oxygens (including phenoxy) is 1. The van der Waals surface area contributed by atoms with Crippen LogP contribution in [0.5, 0.6) is 0 Å². The zero-order valence-electron chi connectivity index (χ0n) is 22.5. The Morgan fingerprint density at radius 1 is 1.27 bits per heavy atom. The van der Waals surface area contributed by atoms with E-state index in [2.05, 4.69) is 20.5 Å². The van der Waals surface area contributed by atoms with Crippen molar-refractivity contribution in [2.75, 3.05) is 37.7 Å². The Morgan fingerprint density at radius 3 is 2.38 bits per heavy atom. The summed E-state index contributed by atoms with van der Waals surface area (Å²) in [7, 11) is 4.71. The number of halogens is 2. The number of anilines is 2. The van der Waals surface area contributed by atoms with Crippen molar-refractivity contribution in [1.29, 1.82) is 0 Å². The SMILES string of the molecule is CC/C(C)=C(C(\C=NC)=C\N)/C(OC)=C(\N=C(/C)N(C)c1c(F)cc(SC)cc1F)Nc1cc(C)[nH]n1. The van der Waals surface area contributed by atoms with Crippen LogP contribution in [0.15, 0.2) is 67.6 Å². The van der Waals surface area contributed by atoms with Gasteiger partial charge in [0.15, 0.2) is 29.0 Å². The molecule has 0 saturated carbocycles. The normalized spacial score (nSPS) is 14.0. The number of aryl methyl sites for hydroxylation is 1. The standard InChI is InChI=1S/C26H35F2N7OS/c1-9-15(2)23(18(13-29)14-30-5)25(36-7)26(32-22-10-16(3)33-34-22)31-17(4)35(6)24-20(27)11-19(37-8)12-21(24)28/h10-14H,9,29H2,1-8H3,(H2,32,33,34)/b18-13+,23-15+,26-25-,30-14?,31-17+. The molecule has 0 bridgehead atoms. The molecule has 0 saturated heterocycles. The van der Waals surface area contributed by atoms with Crippen LogP contribution < -0.4 is 16.0 Å². The van der Waals surface area contributed by atoms with E-state index in [0.29, 0.717) is 39.9 Å². The first kappa shape index (κ1) is 29.6. The lowest BCUT2D eigenvalue weighted by Crippen LogP contribution is -2.26. The number of hydrogen-bond donors (Lipinski definition) is 3. The minimum Gasteiger partial charge on any atom is -0.492 e. The van der Waals surface area contributed by atoms with E-state index in [4.69, 9.17) is 15.5 Å². The highest BCUT2D eigenvalue weighted by molar-refractivity contribution is 7.98. The van der Waals surface area contributed by atoms with Gasteiger partial charge < -0.3 is 20.7 Å². The molecule has 1 aromatic carbocycles. The van der Waals surface area contributed by atoms with Crippen LogP contribution in [-0.4, -0.2) is 49.7 Å². The number of aromatic amines is 1. The first-order chi connectivity index (χ1) is 17.6. The second-order valence-electron chi connectivity index (χ2n) is 8.12. The molecule has 0 amide bonds. The van der Waals surface area contributed by atoms with Gasteiger partial charge in [-0.1, -0.05) is 12.5 Å². The van der Waals surface area contributed by atoms with Gasteiger partial charge in [0, 0.05) is 54.3 Å². The Balaban J connectivity index is 2.79. The van der Waals surface area contributed by atoms with Gasteiger partial charge in [0.2, 0.25) is 0 Å². The number of aliphatic imine (C=N–C) groups is 2. The van der Waals surface area contributed by atoms with E-state index >= 15 is 0 Å². The molecule has 0 aliphatic heterocycles.